The first kappa shape index (κ1) is 28.4. The van der Waals surface area contributed by atoms with Crippen molar-refractivity contribution in [1.29, 1.82) is 0 Å². The van der Waals surface area contributed by atoms with E-state index in [1.807, 2.05) is 32.7 Å². The highest BCUT2D eigenvalue weighted by atomic mass is 32.2. The van der Waals surface area contributed by atoms with Gasteiger partial charge in [-0.05, 0) is 64.2 Å². The molecule has 41 heavy (non-hydrogen) atoms. The summed E-state index contributed by atoms with van der Waals surface area (Å²) in [6.45, 7) is 8.36. The van der Waals surface area contributed by atoms with Gasteiger partial charge in [0, 0.05) is 37.4 Å². The third-order valence-corrected chi connectivity index (χ3v) is 8.80. The van der Waals surface area contributed by atoms with Gasteiger partial charge in [-0.2, -0.15) is 9.97 Å². The summed E-state index contributed by atoms with van der Waals surface area (Å²) in [5, 5.41) is 3.58. The lowest BCUT2D eigenvalue weighted by molar-refractivity contribution is 0.0533. The second-order valence-electron chi connectivity index (χ2n) is 10.1. The van der Waals surface area contributed by atoms with Gasteiger partial charge in [-0.15, -0.1) is 0 Å². The van der Waals surface area contributed by atoms with Crippen molar-refractivity contribution in [3.8, 4) is 11.6 Å². The number of likely N-dealkylation sites (N-methyl/N-ethyl adjacent to an activating group) is 1. The summed E-state index contributed by atoms with van der Waals surface area (Å²) >= 11 is 0. The molecule has 2 aromatic carbocycles. The second-order valence-corrected chi connectivity index (χ2v) is 11.9. The van der Waals surface area contributed by atoms with Crippen molar-refractivity contribution in [2.24, 2.45) is 0 Å². The van der Waals surface area contributed by atoms with Crippen molar-refractivity contribution in [1.82, 2.24) is 23.7 Å². The average Bonchev–Trinajstić information content (AvgIpc) is 3.38. The first-order chi connectivity index (χ1) is 19.6. The first-order valence-corrected chi connectivity index (χ1v) is 14.8. The fraction of sp³-hybridized carbons (Fsp3) is 0.345. The van der Waals surface area contributed by atoms with E-state index in [4.69, 9.17) is 9.47 Å². The number of amides is 1. The molecule has 4 aromatic rings. The van der Waals surface area contributed by atoms with Crippen LogP contribution in [0, 0.1) is 6.92 Å². The van der Waals surface area contributed by atoms with Crippen LogP contribution in [0.4, 0.5) is 11.6 Å². The fourth-order valence-corrected chi connectivity index (χ4v) is 6.23. The van der Waals surface area contributed by atoms with Crippen LogP contribution in [0.25, 0.3) is 11.0 Å². The summed E-state index contributed by atoms with van der Waals surface area (Å²) < 4.78 is 39.5. The van der Waals surface area contributed by atoms with Crippen LogP contribution in [0.5, 0.6) is 11.6 Å². The Morgan fingerprint density at radius 2 is 1.85 bits per heavy atom. The number of nitrogens with zero attached hydrogens (tertiary/aromatic N) is 5. The third kappa shape index (κ3) is 5.57. The summed E-state index contributed by atoms with van der Waals surface area (Å²) in [5.41, 5.74) is 2.14. The number of hydrogen-bond acceptors (Lipinski definition) is 9. The van der Waals surface area contributed by atoms with Crippen LogP contribution in [-0.4, -0.2) is 84.5 Å². The Balaban J connectivity index is 1.50. The average molecular weight is 579 g/mol. The number of carbonyl (C=O) groups excluding carboxylic acids is 1. The van der Waals surface area contributed by atoms with Gasteiger partial charge in [0.05, 0.1) is 29.7 Å². The molecule has 0 aliphatic carbocycles. The predicted molar refractivity (Wildman–Crippen MR) is 157 cm³/mol. The van der Waals surface area contributed by atoms with Crippen molar-refractivity contribution < 1.29 is 22.7 Å². The number of anilines is 2. The lowest BCUT2D eigenvalue weighted by Crippen LogP contribution is -2.52. The van der Waals surface area contributed by atoms with E-state index in [1.165, 1.54) is 13.3 Å². The van der Waals surface area contributed by atoms with E-state index in [2.05, 4.69) is 20.2 Å². The maximum Gasteiger partial charge on any atom is 0.269 e. The van der Waals surface area contributed by atoms with Crippen molar-refractivity contribution >= 4 is 38.6 Å². The van der Waals surface area contributed by atoms with Gasteiger partial charge in [0.2, 0.25) is 11.8 Å². The molecule has 3 heterocycles. The molecule has 1 aliphatic rings. The van der Waals surface area contributed by atoms with Crippen LogP contribution in [0.15, 0.2) is 59.6 Å². The Labute approximate surface area is 239 Å². The quantitative estimate of drug-likeness (QED) is 0.332. The SMILES string of the molecule is CCOc1nc(Nc2ccc(C(=O)N3CCN(C)C[C@@H]3C)cc2OC)nc2c1ccn2S(=O)(=O)c1ccc(C)cc1. The third-order valence-electron chi connectivity index (χ3n) is 7.12. The maximum absolute atomic E-state index is 13.5. The van der Waals surface area contributed by atoms with Gasteiger partial charge in [-0.25, -0.2) is 12.4 Å². The highest BCUT2D eigenvalue weighted by Gasteiger charge is 2.27. The molecule has 1 saturated heterocycles. The normalized spacial score (nSPS) is 16.1. The van der Waals surface area contributed by atoms with Crippen molar-refractivity contribution in [2.75, 3.05) is 45.7 Å². The van der Waals surface area contributed by atoms with Gasteiger partial charge >= 0.3 is 0 Å². The molecule has 2 aromatic heterocycles. The number of carbonyl (C=O) groups is 1. The molecule has 0 bridgehead atoms. The molecule has 11 nitrogen and oxygen atoms in total. The van der Waals surface area contributed by atoms with Crippen LogP contribution in [-0.2, 0) is 10.0 Å². The van der Waals surface area contributed by atoms with Crippen molar-refractivity contribution in [3.05, 3.63) is 65.9 Å². The molecule has 0 unspecified atom stereocenters. The highest BCUT2D eigenvalue weighted by Crippen LogP contribution is 2.32. The zero-order valence-electron chi connectivity index (χ0n) is 23.8. The lowest BCUT2D eigenvalue weighted by Gasteiger charge is -2.38. The van der Waals surface area contributed by atoms with Gasteiger partial charge in [-0.1, -0.05) is 17.7 Å². The van der Waals surface area contributed by atoms with Gasteiger partial charge in [-0.3, -0.25) is 4.79 Å². The molecule has 5 rings (SSSR count). The number of ether oxygens (including phenoxy) is 2. The summed E-state index contributed by atoms with van der Waals surface area (Å²) in [6, 6.07) is 13.5. The molecular formula is C29H34N6O5S. The molecule has 1 atom stereocenters. The maximum atomic E-state index is 13.5. The summed E-state index contributed by atoms with van der Waals surface area (Å²) in [7, 11) is -0.369. The van der Waals surface area contributed by atoms with Crippen LogP contribution in [0.3, 0.4) is 0 Å². The molecule has 1 fully saturated rings. The molecular weight excluding hydrogens is 544 g/mol. The van der Waals surface area contributed by atoms with Crippen LogP contribution in [0.1, 0.15) is 29.8 Å². The Bertz CT molecular complexity index is 1690. The first-order valence-electron chi connectivity index (χ1n) is 13.4. The topological polar surface area (TPSA) is 119 Å². The largest absolute Gasteiger partial charge is 0.495 e. The smallest absolute Gasteiger partial charge is 0.269 e. The minimum Gasteiger partial charge on any atom is -0.495 e. The Morgan fingerprint density at radius 3 is 2.54 bits per heavy atom. The highest BCUT2D eigenvalue weighted by molar-refractivity contribution is 7.90. The minimum absolute atomic E-state index is 0.0640. The van der Waals surface area contributed by atoms with E-state index < -0.39 is 10.0 Å². The van der Waals surface area contributed by atoms with E-state index in [9.17, 15) is 13.2 Å². The van der Waals surface area contributed by atoms with E-state index in [0.29, 0.717) is 35.5 Å². The molecule has 0 radical (unpaired) electrons. The number of hydrogen-bond donors (Lipinski definition) is 1. The molecule has 1 N–H and O–H groups in total. The zero-order chi connectivity index (χ0) is 29.3. The summed E-state index contributed by atoms with van der Waals surface area (Å²) in [6.07, 6.45) is 1.45. The van der Waals surface area contributed by atoms with Crippen LogP contribution in [0.2, 0.25) is 0 Å². The van der Waals surface area contributed by atoms with Gasteiger partial charge < -0.3 is 24.6 Å². The van der Waals surface area contributed by atoms with Gasteiger partial charge in [0.15, 0.2) is 5.65 Å². The number of piperazine rings is 1. The Morgan fingerprint density at radius 1 is 1.10 bits per heavy atom. The number of benzene rings is 2. The number of nitrogens with one attached hydrogen (secondary N) is 1. The molecule has 0 spiro atoms. The Hall–Kier alpha value is -4.16. The zero-order valence-corrected chi connectivity index (χ0v) is 24.6. The van der Waals surface area contributed by atoms with E-state index in [0.717, 1.165) is 22.6 Å². The number of aryl methyl sites for hydroxylation is 1. The predicted octanol–water partition coefficient (Wildman–Crippen LogP) is 3.90. The van der Waals surface area contributed by atoms with Crippen molar-refractivity contribution in [3.63, 3.8) is 0 Å². The fourth-order valence-electron chi connectivity index (χ4n) is 4.94. The summed E-state index contributed by atoms with van der Waals surface area (Å²) in [4.78, 5) is 26.6. The number of fused-ring (bicyclic) bond motifs is 1. The molecule has 0 saturated carbocycles. The van der Waals surface area contributed by atoms with Crippen LogP contribution < -0.4 is 14.8 Å². The van der Waals surface area contributed by atoms with E-state index >= 15 is 0 Å². The van der Waals surface area contributed by atoms with Gasteiger partial charge in [0.25, 0.3) is 15.9 Å². The van der Waals surface area contributed by atoms with E-state index in [-0.39, 0.29) is 34.3 Å². The number of aromatic nitrogens is 3. The van der Waals surface area contributed by atoms with E-state index in [1.54, 1.807) is 48.5 Å². The monoisotopic (exact) mass is 578 g/mol. The number of rotatable bonds is 8. The molecule has 1 amide bonds. The molecule has 12 heteroatoms. The molecule has 216 valence electrons. The Kier molecular flexibility index (Phi) is 7.87. The second kappa shape index (κ2) is 11.4. The lowest BCUT2D eigenvalue weighted by atomic mass is 10.1. The summed E-state index contributed by atoms with van der Waals surface area (Å²) in [5.74, 6) is 0.714. The van der Waals surface area contributed by atoms with Crippen LogP contribution >= 0.6 is 0 Å². The van der Waals surface area contributed by atoms with Crippen molar-refractivity contribution in [2.45, 2.75) is 31.7 Å². The minimum atomic E-state index is -3.93. The molecule has 1 aliphatic heterocycles. The number of methoxy groups -OCH3 is 1. The standard InChI is InChI=1S/C29H34N6O5S/c1-6-40-27-23-13-14-35(41(37,38)22-10-7-19(2)8-11-22)26(23)31-29(32-27)30-24-12-9-21(17-25(24)39-5)28(36)34-16-15-33(4)18-20(34)3/h7-14,17,20H,6,15-16,18H2,1-5H3,(H,30,31,32)/t20-/m0/s1. The van der Waals surface area contributed by atoms with Gasteiger partial charge in [0.1, 0.15) is 5.75 Å².